The van der Waals surface area contributed by atoms with Crippen LogP contribution < -0.4 is 0 Å². The van der Waals surface area contributed by atoms with E-state index in [9.17, 15) is 4.79 Å². The number of aryl methyl sites for hydroxylation is 3. The number of aromatic nitrogens is 2. The Bertz CT molecular complexity index is 535. The van der Waals surface area contributed by atoms with Crippen LogP contribution in [0.4, 0.5) is 0 Å². The number of rotatable bonds is 3. The van der Waals surface area contributed by atoms with Crippen molar-refractivity contribution in [3.8, 4) is 0 Å². The SMILES string of the molecule is Cc1cc(C)cc(C(=O)Cc2nccn2C)c1. The van der Waals surface area contributed by atoms with Crippen molar-refractivity contribution in [2.45, 2.75) is 20.3 Å². The van der Waals surface area contributed by atoms with Crippen molar-refractivity contribution in [3.05, 3.63) is 53.1 Å². The fraction of sp³-hybridized carbons (Fsp3) is 0.286. The number of ketones is 1. The van der Waals surface area contributed by atoms with Gasteiger partial charge in [-0.3, -0.25) is 4.79 Å². The lowest BCUT2D eigenvalue weighted by molar-refractivity contribution is 0.0990. The van der Waals surface area contributed by atoms with Crippen molar-refractivity contribution in [2.24, 2.45) is 7.05 Å². The first kappa shape index (κ1) is 11.6. The van der Waals surface area contributed by atoms with E-state index in [1.54, 1.807) is 6.20 Å². The fourth-order valence-corrected chi connectivity index (χ4v) is 1.95. The summed E-state index contributed by atoms with van der Waals surface area (Å²) in [7, 11) is 1.90. The number of Topliss-reactive ketones (excluding diaryl/α,β-unsaturated/α-hetero) is 1. The van der Waals surface area contributed by atoms with Crippen molar-refractivity contribution in [2.75, 3.05) is 0 Å². The highest BCUT2D eigenvalue weighted by Gasteiger charge is 2.10. The van der Waals surface area contributed by atoms with E-state index in [1.165, 1.54) is 0 Å². The Hall–Kier alpha value is -1.90. The topological polar surface area (TPSA) is 34.9 Å². The standard InChI is InChI=1S/C14H16N2O/c1-10-6-11(2)8-12(7-10)13(17)9-14-15-4-5-16(14)3/h4-8H,9H2,1-3H3. The normalized spacial score (nSPS) is 10.5. The molecule has 0 aliphatic rings. The van der Waals surface area contributed by atoms with Crippen LogP contribution in [0.1, 0.15) is 27.3 Å². The second kappa shape index (κ2) is 4.53. The Balaban J connectivity index is 2.23. The van der Waals surface area contributed by atoms with Crippen molar-refractivity contribution in [1.82, 2.24) is 9.55 Å². The highest BCUT2D eigenvalue weighted by atomic mass is 16.1. The molecule has 1 heterocycles. The molecular formula is C14H16N2O. The fourth-order valence-electron chi connectivity index (χ4n) is 1.95. The van der Waals surface area contributed by atoms with Gasteiger partial charge in [0, 0.05) is 25.0 Å². The molecule has 0 saturated carbocycles. The van der Waals surface area contributed by atoms with E-state index in [2.05, 4.69) is 11.1 Å². The lowest BCUT2D eigenvalue weighted by Gasteiger charge is -2.04. The molecule has 3 nitrogen and oxygen atoms in total. The molecule has 0 radical (unpaired) electrons. The van der Waals surface area contributed by atoms with Crippen LogP contribution in [-0.2, 0) is 13.5 Å². The first-order valence-corrected chi connectivity index (χ1v) is 5.64. The lowest BCUT2D eigenvalue weighted by atomic mass is 10.0. The summed E-state index contributed by atoms with van der Waals surface area (Å²) in [6, 6.07) is 5.92. The maximum absolute atomic E-state index is 12.1. The molecule has 17 heavy (non-hydrogen) atoms. The molecule has 3 heteroatoms. The minimum atomic E-state index is 0.117. The molecular weight excluding hydrogens is 212 g/mol. The average Bonchev–Trinajstić information content (AvgIpc) is 2.63. The van der Waals surface area contributed by atoms with Crippen LogP contribution in [0.2, 0.25) is 0 Å². The highest BCUT2D eigenvalue weighted by Crippen LogP contribution is 2.11. The summed E-state index contributed by atoms with van der Waals surface area (Å²) in [4.78, 5) is 16.3. The molecule has 0 aliphatic heterocycles. The molecule has 0 aliphatic carbocycles. The van der Waals surface area contributed by atoms with E-state index in [0.29, 0.717) is 6.42 Å². The molecule has 0 atom stereocenters. The third-order valence-corrected chi connectivity index (χ3v) is 2.78. The van der Waals surface area contributed by atoms with Gasteiger partial charge in [-0.25, -0.2) is 4.98 Å². The maximum Gasteiger partial charge on any atom is 0.170 e. The lowest BCUT2D eigenvalue weighted by Crippen LogP contribution is -2.08. The third-order valence-electron chi connectivity index (χ3n) is 2.78. The van der Waals surface area contributed by atoms with Crippen molar-refractivity contribution in [1.29, 1.82) is 0 Å². The molecule has 0 bridgehead atoms. The molecule has 2 rings (SSSR count). The summed E-state index contributed by atoms with van der Waals surface area (Å²) in [6.07, 6.45) is 3.92. The second-order valence-corrected chi connectivity index (χ2v) is 4.43. The zero-order valence-corrected chi connectivity index (χ0v) is 10.4. The van der Waals surface area contributed by atoms with Crippen molar-refractivity contribution >= 4 is 5.78 Å². The number of benzene rings is 1. The predicted octanol–water partition coefficient (Wildman–Crippen LogP) is 2.46. The number of carbonyl (C=O) groups is 1. The molecule has 0 unspecified atom stereocenters. The smallest absolute Gasteiger partial charge is 0.170 e. The largest absolute Gasteiger partial charge is 0.338 e. The zero-order valence-electron chi connectivity index (χ0n) is 10.4. The average molecular weight is 228 g/mol. The van der Waals surface area contributed by atoms with Gasteiger partial charge in [-0.2, -0.15) is 0 Å². The zero-order chi connectivity index (χ0) is 12.4. The number of hydrogen-bond donors (Lipinski definition) is 0. The predicted molar refractivity (Wildman–Crippen MR) is 67.2 cm³/mol. The van der Waals surface area contributed by atoms with Gasteiger partial charge in [0.25, 0.3) is 0 Å². The Kier molecular flexibility index (Phi) is 3.09. The molecule has 0 N–H and O–H groups in total. The van der Waals surface area contributed by atoms with Gasteiger partial charge in [0.2, 0.25) is 0 Å². The van der Waals surface area contributed by atoms with Crippen LogP contribution in [0.15, 0.2) is 30.6 Å². The molecule has 1 aromatic carbocycles. The molecule has 0 amide bonds. The van der Waals surface area contributed by atoms with E-state index >= 15 is 0 Å². The molecule has 1 aromatic heterocycles. The molecule has 0 fully saturated rings. The first-order valence-electron chi connectivity index (χ1n) is 5.64. The minimum Gasteiger partial charge on any atom is -0.338 e. The summed E-state index contributed by atoms with van der Waals surface area (Å²) in [5.41, 5.74) is 3.01. The summed E-state index contributed by atoms with van der Waals surface area (Å²) in [5.74, 6) is 0.917. The Morgan fingerprint density at radius 2 is 1.88 bits per heavy atom. The molecule has 0 spiro atoms. The molecule has 2 aromatic rings. The minimum absolute atomic E-state index is 0.117. The van der Waals surface area contributed by atoms with Gasteiger partial charge in [-0.15, -0.1) is 0 Å². The maximum atomic E-state index is 12.1. The number of imidazole rings is 1. The van der Waals surface area contributed by atoms with E-state index in [0.717, 1.165) is 22.5 Å². The Morgan fingerprint density at radius 1 is 1.24 bits per heavy atom. The second-order valence-electron chi connectivity index (χ2n) is 4.43. The van der Waals surface area contributed by atoms with E-state index in [4.69, 9.17) is 0 Å². The first-order chi connectivity index (χ1) is 8.06. The van der Waals surface area contributed by atoms with Gasteiger partial charge in [0.1, 0.15) is 5.82 Å². The summed E-state index contributed by atoms with van der Waals surface area (Å²) < 4.78 is 1.88. The summed E-state index contributed by atoms with van der Waals surface area (Å²) in [6.45, 7) is 4.01. The van der Waals surface area contributed by atoms with Crippen molar-refractivity contribution in [3.63, 3.8) is 0 Å². The van der Waals surface area contributed by atoms with Gasteiger partial charge in [-0.05, 0) is 26.0 Å². The van der Waals surface area contributed by atoms with Crippen LogP contribution in [0.25, 0.3) is 0 Å². The van der Waals surface area contributed by atoms with E-state index in [-0.39, 0.29) is 5.78 Å². The van der Waals surface area contributed by atoms with E-state index < -0.39 is 0 Å². The monoisotopic (exact) mass is 228 g/mol. The highest BCUT2D eigenvalue weighted by molar-refractivity contribution is 5.97. The van der Waals surface area contributed by atoms with Gasteiger partial charge in [0.15, 0.2) is 5.78 Å². The summed E-state index contributed by atoms with van der Waals surface area (Å²) in [5, 5.41) is 0. The van der Waals surface area contributed by atoms with Crippen LogP contribution in [0.3, 0.4) is 0 Å². The van der Waals surface area contributed by atoms with Crippen LogP contribution in [0.5, 0.6) is 0 Å². The van der Waals surface area contributed by atoms with Crippen LogP contribution in [0, 0.1) is 13.8 Å². The van der Waals surface area contributed by atoms with Crippen molar-refractivity contribution < 1.29 is 4.79 Å². The Labute approximate surface area is 101 Å². The number of carbonyl (C=O) groups excluding carboxylic acids is 1. The van der Waals surface area contributed by atoms with E-state index in [1.807, 2.05) is 43.8 Å². The van der Waals surface area contributed by atoms with Crippen LogP contribution in [-0.4, -0.2) is 15.3 Å². The Morgan fingerprint density at radius 3 is 2.41 bits per heavy atom. The van der Waals surface area contributed by atoms with Crippen LogP contribution >= 0.6 is 0 Å². The van der Waals surface area contributed by atoms with Gasteiger partial charge in [-0.1, -0.05) is 17.2 Å². The number of nitrogens with zero attached hydrogens (tertiary/aromatic N) is 2. The third kappa shape index (κ3) is 2.61. The quantitative estimate of drug-likeness (QED) is 0.756. The van der Waals surface area contributed by atoms with Gasteiger partial charge in [0.05, 0.1) is 6.42 Å². The van der Waals surface area contributed by atoms with Gasteiger partial charge < -0.3 is 4.57 Å². The summed E-state index contributed by atoms with van der Waals surface area (Å²) >= 11 is 0. The van der Waals surface area contributed by atoms with Gasteiger partial charge >= 0.3 is 0 Å². The molecule has 0 saturated heterocycles. The molecule has 88 valence electrons. The number of hydrogen-bond acceptors (Lipinski definition) is 2.